The Morgan fingerprint density at radius 1 is 0.850 bits per heavy atom. The molecule has 0 heteroatoms. The van der Waals surface area contributed by atoms with Crippen molar-refractivity contribution in [3.63, 3.8) is 0 Å². The Kier molecular flexibility index (Phi) is 2.90. The molecule has 1 unspecified atom stereocenters. The van der Waals surface area contributed by atoms with Gasteiger partial charge in [-0.25, -0.2) is 0 Å². The molecule has 0 spiro atoms. The first-order valence-electron chi connectivity index (χ1n) is 7.09. The minimum Gasteiger partial charge on any atom is -0.0943 e. The van der Waals surface area contributed by atoms with Crippen molar-refractivity contribution < 1.29 is 0 Å². The van der Waals surface area contributed by atoms with Crippen molar-refractivity contribution in [1.82, 2.24) is 0 Å². The van der Waals surface area contributed by atoms with Gasteiger partial charge in [0.15, 0.2) is 0 Å². The maximum Gasteiger partial charge on any atom is 0.0388 e. The van der Waals surface area contributed by atoms with Crippen LogP contribution in [0.4, 0.5) is 0 Å². The predicted molar refractivity (Wildman–Crippen MR) is 86.7 cm³/mol. The molecule has 1 aliphatic rings. The molecular weight excluding hydrogens is 240 g/mol. The van der Waals surface area contributed by atoms with Gasteiger partial charge in [-0.15, -0.1) is 0 Å². The summed E-state index contributed by atoms with van der Waals surface area (Å²) in [6, 6.07) is 19.3. The summed E-state index contributed by atoms with van der Waals surface area (Å²) in [5, 5.41) is 0. The van der Waals surface area contributed by atoms with Crippen molar-refractivity contribution in [2.75, 3.05) is 0 Å². The highest BCUT2D eigenvalue weighted by Gasteiger charge is 2.42. The van der Waals surface area contributed by atoms with Crippen molar-refractivity contribution >= 4 is 0 Å². The molecule has 3 rings (SSSR count). The van der Waals surface area contributed by atoms with Gasteiger partial charge < -0.3 is 0 Å². The van der Waals surface area contributed by atoms with Gasteiger partial charge >= 0.3 is 0 Å². The Balaban J connectivity index is 2.21. The molecule has 2 aromatic rings. The summed E-state index contributed by atoms with van der Waals surface area (Å²) in [7, 11) is 0. The first kappa shape index (κ1) is 12.9. The zero-order valence-corrected chi connectivity index (χ0v) is 12.4. The van der Waals surface area contributed by atoms with Gasteiger partial charge in [-0.3, -0.25) is 0 Å². The van der Waals surface area contributed by atoms with E-state index in [9.17, 15) is 0 Å². The largest absolute Gasteiger partial charge is 0.0943 e. The van der Waals surface area contributed by atoms with E-state index in [1.54, 1.807) is 0 Å². The molecule has 0 saturated carbocycles. The minimum absolute atomic E-state index is 0.0173. The van der Waals surface area contributed by atoms with Gasteiger partial charge in [-0.1, -0.05) is 66.7 Å². The Morgan fingerprint density at radius 2 is 1.45 bits per heavy atom. The SMILES string of the molecule is C=C1C(C)=C(C)C1(C)c1ccccc1-c1ccccc1. The zero-order chi connectivity index (χ0) is 14.3. The Labute approximate surface area is 121 Å². The van der Waals surface area contributed by atoms with E-state index >= 15 is 0 Å². The molecule has 2 aromatic carbocycles. The minimum atomic E-state index is -0.0173. The topological polar surface area (TPSA) is 0 Å². The van der Waals surface area contributed by atoms with Crippen LogP contribution in [0.1, 0.15) is 26.3 Å². The van der Waals surface area contributed by atoms with Gasteiger partial charge in [0, 0.05) is 5.41 Å². The van der Waals surface area contributed by atoms with E-state index in [1.165, 1.54) is 33.4 Å². The highest BCUT2D eigenvalue weighted by atomic mass is 14.5. The average molecular weight is 260 g/mol. The third kappa shape index (κ3) is 1.61. The lowest BCUT2D eigenvalue weighted by atomic mass is 9.58. The van der Waals surface area contributed by atoms with E-state index in [4.69, 9.17) is 0 Å². The molecule has 0 amide bonds. The Hall–Kier alpha value is -2.08. The number of hydrogen-bond acceptors (Lipinski definition) is 0. The first-order chi connectivity index (χ1) is 9.56. The van der Waals surface area contributed by atoms with E-state index in [-0.39, 0.29) is 5.41 Å². The molecule has 0 nitrogen and oxygen atoms in total. The van der Waals surface area contributed by atoms with E-state index in [1.807, 2.05) is 0 Å². The maximum absolute atomic E-state index is 4.30. The standard InChI is InChI=1S/C20H20/c1-14-15(2)20(4,16(14)3)19-13-9-8-12-18(19)17-10-6-5-7-11-17/h5-13H,2H2,1,3-4H3. The highest BCUT2D eigenvalue weighted by molar-refractivity contribution is 5.75. The molecule has 0 fully saturated rings. The van der Waals surface area contributed by atoms with Gasteiger partial charge in [-0.2, -0.15) is 0 Å². The van der Waals surface area contributed by atoms with Crippen LogP contribution in [0.5, 0.6) is 0 Å². The molecule has 0 radical (unpaired) electrons. The number of allylic oxidation sites excluding steroid dienone is 3. The van der Waals surface area contributed by atoms with Crippen LogP contribution in [0.2, 0.25) is 0 Å². The second-order valence-electron chi connectivity index (χ2n) is 5.77. The van der Waals surface area contributed by atoms with Crippen molar-refractivity contribution in [3.05, 3.63) is 83.5 Å². The summed E-state index contributed by atoms with van der Waals surface area (Å²) in [5.41, 5.74) is 7.97. The molecule has 0 heterocycles. The van der Waals surface area contributed by atoms with Gasteiger partial charge in [0.05, 0.1) is 0 Å². The Morgan fingerprint density at radius 3 is 2.10 bits per heavy atom. The average Bonchev–Trinajstić information content (AvgIpc) is 2.53. The van der Waals surface area contributed by atoms with Gasteiger partial charge in [-0.05, 0) is 48.6 Å². The van der Waals surface area contributed by atoms with E-state index in [0.717, 1.165) is 0 Å². The van der Waals surface area contributed by atoms with Crippen molar-refractivity contribution in [1.29, 1.82) is 0 Å². The van der Waals surface area contributed by atoms with Gasteiger partial charge in [0.1, 0.15) is 0 Å². The highest BCUT2D eigenvalue weighted by Crippen LogP contribution is 2.53. The first-order valence-corrected chi connectivity index (χ1v) is 7.09. The van der Waals surface area contributed by atoms with Crippen LogP contribution < -0.4 is 0 Å². The molecule has 0 saturated heterocycles. The quantitative estimate of drug-likeness (QED) is 0.667. The lowest BCUT2D eigenvalue weighted by Crippen LogP contribution is -2.36. The third-order valence-electron chi connectivity index (χ3n) is 4.92. The third-order valence-corrected chi connectivity index (χ3v) is 4.92. The zero-order valence-electron chi connectivity index (χ0n) is 12.4. The predicted octanol–water partition coefficient (Wildman–Crippen LogP) is 5.52. The normalized spacial score (nSPS) is 21.9. The van der Waals surface area contributed by atoms with Crippen LogP contribution >= 0.6 is 0 Å². The second-order valence-corrected chi connectivity index (χ2v) is 5.77. The molecule has 0 N–H and O–H groups in total. The van der Waals surface area contributed by atoms with Crippen LogP contribution in [0, 0.1) is 0 Å². The van der Waals surface area contributed by atoms with E-state index < -0.39 is 0 Å². The molecular formula is C20H20. The maximum atomic E-state index is 4.30. The summed E-state index contributed by atoms with van der Waals surface area (Å²) < 4.78 is 0. The van der Waals surface area contributed by atoms with Crippen molar-refractivity contribution in [2.45, 2.75) is 26.2 Å². The van der Waals surface area contributed by atoms with Crippen LogP contribution in [0.25, 0.3) is 11.1 Å². The summed E-state index contributed by atoms with van der Waals surface area (Å²) in [4.78, 5) is 0. The molecule has 0 aliphatic heterocycles. The second kappa shape index (κ2) is 4.49. The fraction of sp³-hybridized carbons (Fsp3) is 0.200. The van der Waals surface area contributed by atoms with Crippen molar-refractivity contribution in [2.24, 2.45) is 0 Å². The summed E-state index contributed by atoms with van der Waals surface area (Å²) in [5.74, 6) is 0. The summed E-state index contributed by atoms with van der Waals surface area (Å²) in [6.07, 6.45) is 0. The fourth-order valence-corrected chi connectivity index (χ4v) is 3.29. The number of hydrogen-bond donors (Lipinski definition) is 0. The summed E-state index contributed by atoms with van der Waals surface area (Å²) >= 11 is 0. The van der Waals surface area contributed by atoms with Crippen molar-refractivity contribution in [3.8, 4) is 11.1 Å². The number of benzene rings is 2. The summed E-state index contributed by atoms with van der Waals surface area (Å²) in [6.45, 7) is 11.0. The van der Waals surface area contributed by atoms with E-state index in [2.05, 4.69) is 81.9 Å². The Bertz CT molecular complexity index is 704. The van der Waals surface area contributed by atoms with Gasteiger partial charge in [0.25, 0.3) is 0 Å². The monoisotopic (exact) mass is 260 g/mol. The molecule has 20 heavy (non-hydrogen) atoms. The molecule has 0 bridgehead atoms. The van der Waals surface area contributed by atoms with E-state index in [0.29, 0.717) is 0 Å². The fourth-order valence-electron chi connectivity index (χ4n) is 3.29. The van der Waals surface area contributed by atoms with Crippen LogP contribution in [0.15, 0.2) is 77.9 Å². The van der Waals surface area contributed by atoms with Crippen LogP contribution in [0.3, 0.4) is 0 Å². The van der Waals surface area contributed by atoms with Crippen LogP contribution in [-0.2, 0) is 5.41 Å². The smallest absolute Gasteiger partial charge is 0.0388 e. The molecule has 1 aliphatic carbocycles. The molecule has 0 aromatic heterocycles. The molecule has 1 atom stereocenters. The lowest BCUT2D eigenvalue weighted by molar-refractivity contribution is 0.604. The van der Waals surface area contributed by atoms with Crippen LogP contribution in [-0.4, -0.2) is 0 Å². The lowest BCUT2D eigenvalue weighted by Gasteiger charge is -2.45. The van der Waals surface area contributed by atoms with Gasteiger partial charge in [0.2, 0.25) is 0 Å². The molecule has 100 valence electrons. The number of rotatable bonds is 2.